The van der Waals surface area contributed by atoms with E-state index in [0.29, 0.717) is 0 Å². The summed E-state index contributed by atoms with van der Waals surface area (Å²) in [7, 11) is 0. The van der Waals surface area contributed by atoms with Gasteiger partial charge in [-0.15, -0.1) is 0 Å². The molecule has 230 valence electrons. The quantitative estimate of drug-likeness (QED) is 0.185. The van der Waals surface area contributed by atoms with Crippen LogP contribution in [0.25, 0.3) is 66.8 Å². The lowest BCUT2D eigenvalue weighted by molar-refractivity contribution is 0.601. The first-order valence-corrected chi connectivity index (χ1v) is 17.1. The summed E-state index contributed by atoms with van der Waals surface area (Å²) in [4.78, 5) is 0. The summed E-state index contributed by atoms with van der Waals surface area (Å²) in [6, 6.07) is 58.4. The van der Waals surface area contributed by atoms with E-state index in [1.165, 1.54) is 89.0 Å². The zero-order valence-electron chi connectivity index (χ0n) is 28.0. The van der Waals surface area contributed by atoms with Crippen molar-refractivity contribution in [2.75, 3.05) is 0 Å². The van der Waals surface area contributed by atoms with Gasteiger partial charge in [0.15, 0.2) is 0 Å². The summed E-state index contributed by atoms with van der Waals surface area (Å²) in [5, 5.41) is 0. The van der Waals surface area contributed by atoms with Gasteiger partial charge < -0.3 is 0 Å². The van der Waals surface area contributed by atoms with Crippen LogP contribution in [0, 0.1) is 0 Å². The van der Waals surface area contributed by atoms with E-state index in [4.69, 9.17) is 0 Å². The molecule has 48 heavy (non-hydrogen) atoms. The van der Waals surface area contributed by atoms with Crippen LogP contribution in [-0.4, -0.2) is 0 Å². The highest BCUT2D eigenvalue weighted by molar-refractivity contribution is 6.03. The van der Waals surface area contributed by atoms with Gasteiger partial charge in [-0.3, -0.25) is 0 Å². The fourth-order valence-electron chi connectivity index (χ4n) is 8.86. The van der Waals surface area contributed by atoms with Crippen LogP contribution in [0.3, 0.4) is 0 Å². The molecule has 0 atom stereocenters. The molecule has 2 aliphatic rings. The van der Waals surface area contributed by atoms with Crippen LogP contribution in [-0.2, 0) is 10.8 Å². The summed E-state index contributed by atoms with van der Waals surface area (Å²) in [6.45, 7) is 9.72. The van der Waals surface area contributed by atoms with Crippen LogP contribution in [0.4, 0.5) is 0 Å². The Morgan fingerprint density at radius 2 is 0.708 bits per heavy atom. The standard InChI is InChI=1S/C48H38/c1-47(2)41-26-16-14-24-35(41)40-30-39(44-36-25-15-17-27-42(36)48(3,4)46(44)45(40)47)34-28-37(31-18-8-5-9-19-31)43(33-22-12-7-13-23-33)38(29-34)32-20-10-6-11-21-32/h5-30H,1-4H3. The maximum Gasteiger partial charge on any atom is 0.0162 e. The van der Waals surface area contributed by atoms with Gasteiger partial charge in [-0.1, -0.05) is 167 Å². The summed E-state index contributed by atoms with van der Waals surface area (Å²) in [6.07, 6.45) is 0. The topological polar surface area (TPSA) is 0 Å². The molecule has 7 aromatic rings. The third kappa shape index (κ3) is 4.09. The highest BCUT2D eigenvalue weighted by Gasteiger charge is 2.46. The van der Waals surface area contributed by atoms with Crippen LogP contribution in [0.15, 0.2) is 158 Å². The third-order valence-electron chi connectivity index (χ3n) is 11.0. The Bertz CT molecular complexity index is 2300. The zero-order valence-corrected chi connectivity index (χ0v) is 28.0. The molecule has 0 heteroatoms. The number of benzene rings is 7. The summed E-state index contributed by atoms with van der Waals surface area (Å²) < 4.78 is 0. The predicted octanol–water partition coefficient (Wildman–Crippen LogP) is 13.0. The van der Waals surface area contributed by atoms with E-state index < -0.39 is 0 Å². The van der Waals surface area contributed by atoms with Crippen LogP contribution in [0.1, 0.15) is 49.9 Å². The van der Waals surface area contributed by atoms with Gasteiger partial charge in [0, 0.05) is 10.8 Å². The van der Waals surface area contributed by atoms with Gasteiger partial charge in [0.1, 0.15) is 0 Å². The number of rotatable bonds is 4. The first-order valence-electron chi connectivity index (χ1n) is 17.1. The third-order valence-corrected chi connectivity index (χ3v) is 11.0. The molecule has 2 aliphatic carbocycles. The molecule has 0 radical (unpaired) electrons. The molecule has 0 bridgehead atoms. The van der Waals surface area contributed by atoms with E-state index >= 15 is 0 Å². The van der Waals surface area contributed by atoms with Crippen molar-refractivity contribution in [1.82, 2.24) is 0 Å². The summed E-state index contributed by atoms with van der Waals surface area (Å²) in [5.74, 6) is 0. The summed E-state index contributed by atoms with van der Waals surface area (Å²) >= 11 is 0. The minimum absolute atomic E-state index is 0.102. The molecule has 0 aliphatic heterocycles. The van der Waals surface area contributed by atoms with E-state index in [1.807, 2.05) is 0 Å². The number of hydrogen-bond acceptors (Lipinski definition) is 0. The molecule has 0 aromatic heterocycles. The Balaban J connectivity index is 1.45. The Hall–Kier alpha value is -5.46. The Kier molecular flexibility index (Phi) is 6.30. The molecule has 0 nitrogen and oxygen atoms in total. The predicted molar refractivity (Wildman–Crippen MR) is 203 cm³/mol. The average Bonchev–Trinajstić information content (AvgIpc) is 3.51. The maximum atomic E-state index is 2.53. The highest BCUT2D eigenvalue weighted by atomic mass is 14.5. The van der Waals surface area contributed by atoms with Crippen LogP contribution >= 0.6 is 0 Å². The molecule has 9 rings (SSSR count). The molecule has 0 spiro atoms. The van der Waals surface area contributed by atoms with E-state index in [9.17, 15) is 0 Å². The van der Waals surface area contributed by atoms with Gasteiger partial charge in [0.25, 0.3) is 0 Å². The minimum Gasteiger partial charge on any atom is -0.0622 e. The second-order valence-corrected chi connectivity index (χ2v) is 14.5. The Morgan fingerprint density at radius 3 is 1.27 bits per heavy atom. The van der Waals surface area contributed by atoms with Crippen LogP contribution < -0.4 is 0 Å². The molecule has 0 fully saturated rings. The highest BCUT2D eigenvalue weighted by Crippen LogP contribution is 2.61. The normalized spacial score (nSPS) is 14.6. The van der Waals surface area contributed by atoms with Gasteiger partial charge >= 0.3 is 0 Å². The summed E-state index contributed by atoms with van der Waals surface area (Å²) in [5.41, 5.74) is 21.0. The van der Waals surface area contributed by atoms with Gasteiger partial charge in [-0.2, -0.15) is 0 Å². The van der Waals surface area contributed by atoms with Crippen molar-refractivity contribution < 1.29 is 0 Å². The van der Waals surface area contributed by atoms with Crippen molar-refractivity contribution >= 4 is 0 Å². The molecule has 0 saturated carbocycles. The van der Waals surface area contributed by atoms with E-state index in [-0.39, 0.29) is 10.8 Å². The largest absolute Gasteiger partial charge is 0.0622 e. The van der Waals surface area contributed by atoms with E-state index in [0.717, 1.165) is 0 Å². The molecule has 7 aromatic carbocycles. The van der Waals surface area contributed by atoms with Gasteiger partial charge in [-0.25, -0.2) is 0 Å². The molecule has 0 unspecified atom stereocenters. The average molecular weight is 615 g/mol. The molecule has 0 heterocycles. The van der Waals surface area contributed by atoms with E-state index in [2.05, 4.69) is 185 Å². The fourth-order valence-corrected chi connectivity index (χ4v) is 8.86. The SMILES string of the molecule is CC1(C)c2ccccc2-c2cc(-c3cc(-c4ccccc4)c(-c4ccccc4)c(-c4ccccc4)c3)c3c(c21)C(C)(C)c1ccccc1-3. The maximum absolute atomic E-state index is 2.53. The van der Waals surface area contributed by atoms with E-state index in [1.54, 1.807) is 0 Å². The second kappa shape index (κ2) is 10.5. The lowest BCUT2D eigenvalue weighted by atomic mass is 9.71. The first kappa shape index (κ1) is 28.7. The number of hydrogen-bond donors (Lipinski definition) is 0. The Labute approximate surface area is 284 Å². The van der Waals surface area contributed by atoms with Crippen molar-refractivity contribution in [3.05, 3.63) is 180 Å². The zero-order chi connectivity index (χ0) is 32.6. The van der Waals surface area contributed by atoms with Crippen molar-refractivity contribution in [3.63, 3.8) is 0 Å². The minimum atomic E-state index is -0.139. The van der Waals surface area contributed by atoms with Gasteiger partial charge in [0.05, 0.1) is 0 Å². The second-order valence-electron chi connectivity index (χ2n) is 14.5. The van der Waals surface area contributed by atoms with Gasteiger partial charge in [0.2, 0.25) is 0 Å². The lowest BCUT2D eigenvalue weighted by Gasteiger charge is -2.31. The molecular weight excluding hydrogens is 577 g/mol. The van der Waals surface area contributed by atoms with Crippen molar-refractivity contribution in [1.29, 1.82) is 0 Å². The smallest absolute Gasteiger partial charge is 0.0162 e. The monoisotopic (exact) mass is 614 g/mol. The van der Waals surface area contributed by atoms with Crippen molar-refractivity contribution in [2.24, 2.45) is 0 Å². The molecular formula is C48H38. The molecule has 0 N–H and O–H groups in total. The molecule has 0 amide bonds. The lowest BCUT2D eigenvalue weighted by Crippen LogP contribution is -2.24. The fraction of sp³-hybridized carbons (Fsp3) is 0.125. The first-order chi connectivity index (χ1) is 23.4. The van der Waals surface area contributed by atoms with Gasteiger partial charge in [-0.05, 0) is 107 Å². The molecule has 0 saturated heterocycles. The Morgan fingerprint density at radius 1 is 0.292 bits per heavy atom. The van der Waals surface area contributed by atoms with Crippen LogP contribution in [0.5, 0.6) is 0 Å². The van der Waals surface area contributed by atoms with Crippen molar-refractivity contribution in [3.8, 4) is 66.8 Å². The van der Waals surface area contributed by atoms with Crippen LogP contribution in [0.2, 0.25) is 0 Å². The number of fused-ring (bicyclic) bond motifs is 7. The van der Waals surface area contributed by atoms with Crippen molar-refractivity contribution in [2.45, 2.75) is 38.5 Å².